The van der Waals surface area contributed by atoms with Gasteiger partial charge in [0.2, 0.25) is 5.56 Å². The van der Waals surface area contributed by atoms with Gasteiger partial charge in [-0.15, -0.1) is 0 Å². The molecule has 0 atom stereocenters. The van der Waals surface area contributed by atoms with E-state index < -0.39 is 0 Å². The Kier molecular flexibility index (Phi) is 3.56. The van der Waals surface area contributed by atoms with Crippen LogP contribution in [0, 0.1) is 0 Å². The first kappa shape index (κ1) is 13.2. The summed E-state index contributed by atoms with van der Waals surface area (Å²) in [6, 6.07) is 21.1. The normalized spacial score (nSPS) is 10.3. The topological polar surface area (TPSA) is 42.1 Å². The second-order valence-corrected chi connectivity index (χ2v) is 4.74. The molecule has 3 aromatic rings. The number of ether oxygens (including phenoxy) is 1. The second kappa shape index (κ2) is 5.67. The number of hydrogen-bond acceptors (Lipinski definition) is 2. The van der Waals surface area contributed by atoms with Crippen molar-refractivity contribution in [2.75, 3.05) is 7.11 Å². The largest absolute Gasteiger partial charge is 0.497 e. The zero-order valence-electron chi connectivity index (χ0n) is 11.7. The first-order valence-corrected chi connectivity index (χ1v) is 6.70. The minimum absolute atomic E-state index is 0.109. The van der Waals surface area contributed by atoms with E-state index in [9.17, 15) is 4.79 Å². The lowest BCUT2D eigenvalue weighted by Gasteiger charge is -2.07. The number of methoxy groups -OCH3 is 1. The lowest BCUT2D eigenvalue weighted by atomic mass is 10.0. The van der Waals surface area contributed by atoms with Gasteiger partial charge in [-0.1, -0.05) is 30.3 Å². The third-order valence-electron chi connectivity index (χ3n) is 3.35. The van der Waals surface area contributed by atoms with Gasteiger partial charge in [0, 0.05) is 11.8 Å². The van der Waals surface area contributed by atoms with E-state index >= 15 is 0 Å². The molecule has 0 spiro atoms. The summed E-state index contributed by atoms with van der Waals surface area (Å²) in [7, 11) is 1.63. The summed E-state index contributed by atoms with van der Waals surface area (Å²) < 4.78 is 5.15. The Morgan fingerprint density at radius 2 is 1.52 bits per heavy atom. The van der Waals surface area contributed by atoms with Gasteiger partial charge in [-0.3, -0.25) is 4.79 Å². The molecule has 0 saturated heterocycles. The van der Waals surface area contributed by atoms with Crippen molar-refractivity contribution in [2.24, 2.45) is 0 Å². The summed E-state index contributed by atoms with van der Waals surface area (Å²) in [6.45, 7) is 0. The van der Waals surface area contributed by atoms with E-state index in [0.29, 0.717) is 0 Å². The molecular formula is C18H15NO2. The highest BCUT2D eigenvalue weighted by Crippen LogP contribution is 2.24. The van der Waals surface area contributed by atoms with Crippen LogP contribution in [-0.4, -0.2) is 12.1 Å². The standard InChI is InChI=1S/C18H15NO2/c1-21-16-9-7-14(8-10-16)17-11-15(12-18(20)19-17)13-5-3-2-4-6-13/h2-12H,1H3,(H,19,20). The number of H-pyrrole nitrogens is 1. The van der Waals surface area contributed by atoms with Crippen LogP contribution in [0.2, 0.25) is 0 Å². The second-order valence-electron chi connectivity index (χ2n) is 4.74. The molecule has 3 nitrogen and oxygen atoms in total. The van der Waals surface area contributed by atoms with Crippen LogP contribution in [0.5, 0.6) is 5.75 Å². The minimum atomic E-state index is -0.109. The van der Waals surface area contributed by atoms with E-state index in [-0.39, 0.29) is 5.56 Å². The molecule has 0 radical (unpaired) electrons. The number of pyridine rings is 1. The quantitative estimate of drug-likeness (QED) is 0.792. The van der Waals surface area contributed by atoms with Gasteiger partial charge in [0.05, 0.1) is 7.11 Å². The maximum atomic E-state index is 11.9. The Morgan fingerprint density at radius 3 is 2.19 bits per heavy atom. The molecule has 0 bridgehead atoms. The Balaban J connectivity index is 2.07. The lowest BCUT2D eigenvalue weighted by Crippen LogP contribution is -2.05. The number of nitrogens with one attached hydrogen (secondary N) is 1. The predicted octanol–water partition coefficient (Wildman–Crippen LogP) is 3.72. The van der Waals surface area contributed by atoms with E-state index in [0.717, 1.165) is 28.1 Å². The number of aromatic amines is 1. The van der Waals surface area contributed by atoms with Crippen molar-refractivity contribution in [1.29, 1.82) is 0 Å². The van der Waals surface area contributed by atoms with Crippen LogP contribution >= 0.6 is 0 Å². The zero-order chi connectivity index (χ0) is 14.7. The van der Waals surface area contributed by atoms with Crippen molar-refractivity contribution in [1.82, 2.24) is 4.98 Å². The van der Waals surface area contributed by atoms with Gasteiger partial charge in [0.1, 0.15) is 5.75 Å². The van der Waals surface area contributed by atoms with Crippen LogP contribution in [-0.2, 0) is 0 Å². The van der Waals surface area contributed by atoms with Crippen molar-refractivity contribution in [3.63, 3.8) is 0 Å². The highest BCUT2D eigenvalue weighted by atomic mass is 16.5. The Morgan fingerprint density at radius 1 is 0.810 bits per heavy atom. The molecule has 1 aromatic heterocycles. The molecule has 2 aromatic carbocycles. The molecule has 0 aliphatic heterocycles. The molecule has 0 fully saturated rings. The van der Waals surface area contributed by atoms with Gasteiger partial charge in [-0.05, 0) is 47.0 Å². The molecule has 1 heterocycles. The van der Waals surface area contributed by atoms with E-state index in [1.54, 1.807) is 13.2 Å². The molecule has 0 aliphatic rings. The maximum absolute atomic E-state index is 11.9. The van der Waals surface area contributed by atoms with E-state index in [2.05, 4.69) is 4.98 Å². The minimum Gasteiger partial charge on any atom is -0.497 e. The molecular weight excluding hydrogens is 262 g/mol. The number of benzene rings is 2. The summed E-state index contributed by atoms with van der Waals surface area (Å²) in [5, 5.41) is 0. The molecule has 21 heavy (non-hydrogen) atoms. The molecule has 3 heteroatoms. The van der Waals surface area contributed by atoms with Gasteiger partial charge >= 0.3 is 0 Å². The van der Waals surface area contributed by atoms with Crippen molar-refractivity contribution in [3.05, 3.63) is 77.1 Å². The van der Waals surface area contributed by atoms with Crippen LogP contribution in [0.25, 0.3) is 22.4 Å². The van der Waals surface area contributed by atoms with Crippen LogP contribution in [0.15, 0.2) is 71.5 Å². The molecule has 104 valence electrons. The summed E-state index contributed by atoms with van der Waals surface area (Å²) in [4.78, 5) is 14.8. The van der Waals surface area contributed by atoms with Gasteiger partial charge < -0.3 is 9.72 Å². The number of rotatable bonds is 3. The number of aromatic nitrogens is 1. The van der Waals surface area contributed by atoms with Crippen molar-refractivity contribution in [2.45, 2.75) is 0 Å². The fourth-order valence-electron chi connectivity index (χ4n) is 2.27. The van der Waals surface area contributed by atoms with Crippen molar-refractivity contribution < 1.29 is 4.74 Å². The van der Waals surface area contributed by atoms with Crippen LogP contribution in [0.3, 0.4) is 0 Å². The average Bonchev–Trinajstić information content (AvgIpc) is 2.55. The highest BCUT2D eigenvalue weighted by Gasteiger charge is 2.04. The third-order valence-corrected chi connectivity index (χ3v) is 3.35. The Bertz CT molecular complexity index is 789. The van der Waals surface area contributed by atoms with Crippen molar-refractivity contribution in [3.8, 4) is 28.1 Å². The Labute approximate surface area is 122 Å². The zero-order valence-corrected chi connectivity index (χ0v) is 11.7. The van der Waals surface area contributed by atoms with E-state index in [4.69, 9.17) is 4.74 Å². The summed E-state index contributed by atoms with van der Waals surface area (Å²) in [5.41, 5.74) is 3.57. The molecule has 0 saturated carbocycles. The number of hydrogen-bond donors (Lipinski definition) is 1. The highest BCUT2D eigenvalue weighted by molar-refractivity contribution is 5.70. The average molecular weight is 277 g/mol. The maximum Gasteiger partial charge on any atom is 0.249 e. The monoisotopic (exact) mass is 277 g/mol. The smallest absolute Gasteiger partial charge is 0.249 e. The van der Waals surface area contributed by atoms with E-state index in [1.165, 1.54) is 0 Å². The lowest BCUT2D eigenvalue weighted by molar-refractivity contribution is 0.415. The van der Waals surface area contributed by atoms with E-state index in [1.807, 2.05) is 60.7 Å². The fourth-order valence-corrected chi connectivity index (χ4v) is 2.27. The molecule has 0 aliphatic carbocycles. The van der Waals surface area contributed by atoms with Gasteiger partial charge in [0.25, 0.3) is 0 Å². The summed E-state index contributed by atoms with van der Waals surface area (Å²) in [6.07, 6.45) is 0. The predicted molar refractivity (Wildman–Crippen MR) is 84.5 cm³/mol. The van der Waals surface area contributed by atoms with Gasteiger partial charge in [-0.25, -0.2) is 0 Å². The van der Waals surface area contributed by atoms with Gasteiger partial charge in [0.15, 0.2) is 0 Å². The first-order valence-electron chi connectivity index (χ1n) is 6.70. The molecule has 3 rings (SSSR count). The van der Waals surface area contributed by atoms with Crippen LogP contribution in [0.4, 0.5) is 0 Å². The molecule has 0 amide bonds. The van der Waals surface area contributed by atoms with Gasteiger partial charge in [-0.2, -0.15) is 0 Å². The Hall–Kier alpha value is -2.81. The SMILES string of the molecule is COc1ccc(-c2cc(-c3ccccc3)cc(=O)[nH]2)cc1. The van der Waals surface area contributed by atoms with Crippen LogP contribution < -0.4 is 10.3 Å². The molecule has 1 N–H and O–H groups in total. The van der Waals surface area contributed by atoms with Crippen LogP contribution in [0.1, 0.15) is 0 Å². The summed E-state index contributed by atoms with van der Waals surface area (Å²) >= 11 is 0. The van der Waals surface area contributed by atoms with Crippen molar-refractivity contribution >= 4 is 0 Å². The first-order chi connectivity index (χ1) is 10.3. The molecule has 0 unspecified atom stereocenters. The third kappa shape index (κ3) is 2.87. The fraction of sp³-hybridized carbons (Fsp3) is 0.0556. The summed E-state index contributed by atoms with van der Waals surface area (Å²) in [5.74, 6) is 0.792.